The summed E-state index contributed by atoms with van der Waals surface area (Å²) in [7, 11) is 1.63. The van der Waals surface area contributed by atoms with Crippen LogP contribution < -0.4 is 4.74 Å². The molecule has 0 aromatic heterocycles. The van der Waals surface area contributed by atoms with Crippen molar-refractivity contribution < 1.29 is 28.8 Å². The maximum absolute atomic E-state index is 10.8. The summed E-state index contributed by atoms with van der Waals surface area (Å²) in [5, 5.41) is 10.8. The van der Waals surface area contributed by atoms with Gasteiger partial charge in [0.05, 0.1) is 33.0 Å². The standard InChI is InChI=1S/C28H32O6/c1-20-25(31-17-21-9-5-3-6-10-21)26(32-18-22-11-7-4-8-12-22)27(28(29)34-20)33-19-23-13-15-24(30-2)16-14-23/h3-16,20,25-29H,17-19H2,1-2H3/t20-,25-,26+,27+,28?/m0/s1. The fourth-order valence-electron chi connectivity index (χ4n) is 4.04. The highest BCUT2D eigenvalue weighted by atomic mass is 16.7. The Morgan fingerprint density at radius 3 is 1.65 bits per heavy atom. The summed E-state index contributed by atoms with van der Waals surface area (Å²) < 4.78 is 29.8. The predicted molar refractivity (Wildman–Crippen MR) is 128 cm³/mol. The number of aliphatic hydroxyl groups is 1. The molecule has 0 spiro atoms. The topological polar surface area (TPSA) is 66.4 Å². The summed E-state index contributed by atoms with van der Waals surface area (Å²) in [6, 6.07) is 27.5. The molecule has 180 valence electrons. The highest BCUT2D eigenvalue weighted by Gasteiger charge is 2.46. The maximum Gasteiger partial charge on any atom is 0.184 e. The van der Waals surface area contributed by atoms with Crippen molar-refractivity contribution in [2.45, 2.75) is 57.5 Å². The minimum absolute atomic E-state index is 0.292. The highest BCUT2D eigenvalue weighted by molar-refractivity contribution is 5.26. The number of ether oxygens (including phenoxy) is 5. The van der Waals surface area contributed by atoms with Gasteiger partial charge in [-0.2, -0.15) is 0 Å². The normalized spacial score (nSPS) is 24.6. The Labute approximate surface area is 201 Å². The van der Waals surface area contributed by atoms with Gasteiger partial charge in [-0.3, -0.25) is 0 Å². The lowest BCUT2D eigenvalue weighted by Crippen LogP contribution is -2.59. The van der Waals surface area contributed by atoms with Crippen molar-refractivity contribution in [3.05, 3.63) is 102 Å². The Morgan fingerprint density at radius 2 is 1.12 bits per heavy atom. The zero-order chi connectivity index (χ0) is 23.8. The van der Waals surface area contributed by atoms with E-state index >= 15 is 0 Å². The Balaban J connectivity index is 1.49. The molecule has 1 aliphatic heterocycles. The fourth-order valence-corrected chi connectivity index (χ4v) is 4.04. The van der Waals surface area contributed by atoms with Gasteiger partial charge in [0.2, 0.25) is 0 Å². The van der Waals surface area contributed by atoms with Crippen LogP contribution in [0.2, 0.25) is 0 Å². The minimum atomic E-state index is -1.13. The monoisotopic (exact) mass is 464 g/mol. The van der Waals surface area contributed by atoms with Crippen molar-refractivity contribution in [1.29, 1.82) is 0 Å². The third kappa shape index (κ3) is 6.44. The number of hydrogen-bond acceptors (Lipinski definition) is 6. The fraction of sp³-hybridized carbons (Fsp3) is 0.357. The minimum Gasteiger partial charge on any atom is -0.497 e. The van der Waals surface area contributed by atoms with Gasteiger partial charge >= 0.3 is 0 Å². The molecule has 3 aromatic carbocycles. The number of aliphatic hydroxyl groups excluding tert-OH is 1. The summed E-state index contributed by atoms with van der Waals surface area (Å²) in [4.78, 5) is 0. The van der Waals surface area contributed by atoms with Gasteiger partial charge in [0.1, 0.15) is 24.1 Å². The number of hydrogen-bond donors (Lipinski definition) is 1. The van der Waals surface area contributed by atoms with Crippen LogP contribution in [0.1, 0.15) is 23.6 Å². The number of rotatable bonds is 10. The van der Waals surface area contributed by atoms with Gasteiger partial charge in [-0.1, -0.05) is 72.8 Å². The second-order valence-corrected chi connectivity index (χ2v) is 8.38. The average Bonchev–Trinajstić information content (AvgIpc) is 2.88. The SMILES string of the molecule is COc1ccc(CO[C@H]2C(O)O[C@@H](C)[C@H](OCc3ccccc3)[C@H]2OCc2ccccc2)cc1. The molecule has 5 atom stereocenters. The van der Waals surface area contributed by atoms with E-state index in [1.807, 2.05) is 91.9 Å². The van der Waals surface area contributed by atoms with E-state index in [2.05, 4.69) is 0 Å². The largest absolute Gasteiger partial charge is 0.497 e. The van der Waals surface area contributed by atoms with Crippen LogP contribution in [0, 0.1) is 0 Å². The van der Waals surface area contributed by atoms with Gasteiger partial charge in [-0.25, -0.2) is 0 Å². The third-order valence-electron chi connectivity index (χ3n) is 5.92. The van der Waals surface area contributed by atoms with Crippen LogP contribution >= 0.6 is 0 Å². The van der Waals surface area contributed by atoms with Crippen molar-refractivity contribution >= 4 is 0 Å². The van der Waals surface area contributed by atoms with Gasteiger partial charge in [-0.15, -0.1) is 0 Å². The van der Waals surface area contributed by atoms with Gasteiger partial charge in [-0.05, 0) is 35.7 Å². The van der Waals surface area contributed by atoms with Crippen LogP contribution in [0.15, 0.2) is 84.9 Å². The Bertz CT molecular complexity index is 979. The first-order valence-corrected chi connectivity index (χ1v) is 11.5. The van der Waals surface area contributed by atoms with E-state index in [9.17, 15) is 5.11 Å². The second-order valence-electron chi connectivity index (χ2n) is 8.38. The second kappa shape index (κ2) is 12.1. The molecule has 1 fully saturated rings. The molecule has 6 nitrogen and oxygen atoms in total. The average molecular weight is 465 g/mol. The molecule has 0 amide bonds. The van der Waals surface area contributed by atoms with Crippen LogP contribution in [-0.4, -0.2) is 42.9 Å². The summed E-state index contributed by atoms with van der Waals surface area (Å²) in [6.07, 6.45) is -3.18. The maximum atomic E-state index is 10.8. The lowest BCUT2D eigenvalue weighted by atomic mass is 9.98. The predicted octanol–water partition coefficient (Wildman–Crippen LogP) is 4.49. The molecule has 1 aliphatic rings. The Hall–Kier alpha value is -2.74. The molecule has 0 bridgehead atoms. The lowest BCUT2D eigenvalue weighted by Gasteiger charge is -2.43. The Morgan fingerprint density at radius 1 is 0.647 bits per heavy atom. The van der Waals surface area contributed by atoms with E-state index in [-0.39, 0.29) is 6.10 Å². The molecule has 1 N–H and O–H groups in total. The van der Waals surface area contributed by atoms with Crippen LogP contribution in [0.5, 0.6) is 5.75 Å². The highest BCUT2D eigenvalue weighted by Crippen LogP contribution is 2.29. The van der Waals surface area contributed by atoms with Crippen molar-refractivity contribution in [3.63, 3.8) is 0 Å². The quantitative estimate of drug-likeness (QED) is 0.477. The van der Waals surface area contributed by atoms with Gasteiger partial charge in [0.15, 0.2) is 6.29 Å². The zero-order valence-corrected chi connectivity index (χ0v) is 19.6. The first-order chi connectivity index (χ1) is 16.6. The summed E-state index contributed by atoms with van der Waals surface area (Å²) >= 11 is 0. The molecule has 4 rings (SSSR count). The van der Waals surface area contributed by atoms with Crippen molar-refractivity contribution in [1.82, 2.24) is 0 Å². The van der Waals surface area contributed by atoms with E-state index in [1.54, 1.807) is 7.11 Å². The summed E-state index contributed by atoms with van der Waals surface area (Å²) in [6.45, 7) is 2.96. The number of benzene rings is 3. The Kier molecular flexibility index (Phi) is 8.68. The van der Waals surface area contributed by atoms with Crippen molar-refractivity contribution in [3.8, 4) is 5.75 Å². The smallest absolute Gasteiger partial charge is 0.184 e. The van der Waals surface area contributed by atoms with E-state index in [1.165, 1.54) is 0 Å². The van der Waals surface area contributed by atoms with E-state index in [4.69, 9.17) is 23.7 Å². The lowest BCUT2D eigenvalue weighted by molar-refractivity contribution is -0.308. The molecule has 0 saturated carbocycles. The van der Waals surface area contributed by atoms with Crippen molar-refractivity contribution in [2.75, 3.05) is 7.11 Å². The van der Waals surface area contributed by atoms with Gasteiger partial charge in [0.25, 0.3) is 0 Å². The van der Waals surface area contributed by atoms with E-state index < -0.39 is 24.6 Å². The molecule has 34 heavy (non-hydrogen) atoms. The third-order valence-corrected chi connectivity index (χ3v) is 5.92. The molecule has 1 saturated heterocycles. The first-order valence-electron chi connectivity index (χ1n) is 11.5. The molecule has 0 radical (unpaired) electrons. The van der Waals surface area contributed by atoms with Crippen LogP contribution in [-0.2, 0) is 38.8 Å². The van der Waals surface area contributed by atoms with Crippen LogP contribution in [0.25, 0.3) is 0 Å². The molecule has 3 aromatic rings. The molecular weight excluding hydrogens is 432 g/mol. The van der Waals surface area contributed by atoms with Crippen LogP contribution in [0.3, 0.4) is 0 Å². The van der Waals surface area contributed by atoms with Gasteiger partial charge < -0.3 is 28.8 Å². The number of methoxy groups -OCH3 is 1. The first kappa shape index (κ1) is 24.4. The van der Waals surface area contributed by atoms with E-state index in [0.29, 0.717) is 19.8 Å². The van der Waals surface area contributed by atoms with E-state index in [0.717, 1.165) is 22.4 Å². The molecule has 6 heteroatoms. The van der Waals surface area contributed by atoms with Crippen LogP contribution in [0.4, 0.5) is 0 Å². The molecule has 0 aliphatic carbocycles. The van der Waals surface area contributed by atoms with Crippen molar-refractivity contribution in [2.24, 2.45) is 0 Å². The molecule has 1 heterocycles. The summed E-state index contributed by atoms with van der Waals surface area (Å²) in [5.74, 6) is 0.775. The molecular formula is C28H32O6. The molecule has 1 unspecified atom stereocenters. The zero-order valence-electron chi connectivity index (χ0n) is 19.6. The van der Waals surface area contributed by atoms with Gasteiger partial charge in [0, 0.05) is 0 Å². The summed E-state index contributed by atoms with van der Waals surface area (Å²) in [5.41, 5.74) is 3.04.